The summed E-state index contributed by atoms with van der Waals surface area (Å²) in [5.74, 6) is 5.31. The summed E-state index contributed by atoms with van der Waals surface area (Å²) in [6.45, 7) is 0.679. The van der Waals surface area contributed by atoms with Gasteiger partial charge < -0.3 is 4.90 Å². The van der Waals surface area contributed by atoms with Gasteiger partial charge in [0.25, 0.3) is 0 Å². The molecule has 82 valence electrons. The second-order valence-corrected chi connectivity index (χ2v) is 4.22. The van der Waals surface area contributed by atoms with Gasteiger partial charge in [0, 0.05) is 12.7 Å². The van der Waals surface area contributed by atoms with Crippen molar-refractivity contribution in [1.29, 1.82) is 0 Å². The van der Waals surface area contributed by atoms with Crippen LogP contribution in [-0.4, -0.2) is 13.7 Å². The van der Waals surface area contributed by atoms with Crippen LogP contribution < -0.4 is 16.2 Å². The number of hydrogen-bond donors (Lipinski definition) is 2. The fourth-order valence-corrected chi connectivity index (χ4v) is 2.19. The first-order chi connectivity index (χ1) is 7.31. The van der Waals surface area contributed by atoms with Gasteiger partial charge in [-0.25, -0.2) is 5.43 Å². The smallest absolute Gasteiger partial charge is 0.0805 e. The van der Waals surface area contributed by atoms with Gasteiger partial charge in [0.15, 0.2) is 0 Å². The van der Waals surface area contributed by atoms with Crippen molar-refractivity contribution in [3.8, 4) is 0 Å². The van der Waals surface area contributed by atoms with Crippen LogP contribution in [0.4, 0.5) is 5.69 Å². The van der Waals surface area contributed by atoms with Crippen molar-refractivity contribution in [3.05, 3.63) is 29.3 Å². The summed E-state index contributed by atoms with van der Waals surface area (Å²) in [6.07, 6.45) is 5.14. The molecule has 0 spiro atoms. The average molecular weight is 205 g/mol. The van der Waals surface area contributed by atoms with Crippen molar-refractivity contribution in [3.63, 3.8) is 0 Å². The number of hydrogen-bond acceptors (Lipinski definition) is 3. The fraction of sp³-hybridized carbons (Fsp3) is 0.500. The molecule has 0 radical (unpaired) electrons. The molecule has 0 saturated heterocycles. The molecule has 15 heavy (non-hydrogen) atoms. The molecule has 0 bridgehead atoms. The number of anilines is 1. The van der Waals surface area contributed by atoms with Crippen LogP contribution in [-0.2, 0) is 12.8 Å². The summed E-state index contributed by atoms with van der Waals surface area (Å²) in [5, 5.41) is 0. The molecular formula is C12H19N3. The Kier molecular flexibility index (Phi) is 3.23. The lowest BCUT2D eigenvalue weighted by Crippen LogP contribution is -2.35. The van der Waals surface area contributed by atoms with Crippen molar-refractivity contribution in [2.24, 2.45) is 5.84 Å². The van der Waals surface area contributed by atoms with Crippen LogP contribution in [0.2, 0.25) is 0 Å². The van der Waals surface area contributed by atoms with Gasteiger partial charge in [-0.05, 0) is 48.9 Å². The van der Waals surface area contributed by atoms with Gasteiger partial charge in [0.2, 0.25) is 0 Å². The van der Waals surface area contributed by atoms with E-state index in [1.807, 2.05) is 7.05 Å². The highest BCUT2D eigenvalue weighted by Crippen LogP contribution is 2.25. The third-order valence-electron chi connectivity index (χ3n) is 3.10. The summed E-state index contributed by atoms with van der Waals surface area (Å²) in [7, 11) is 2.05. The third-order valence-corrected chi connectivity index (χ3v) is 3.10. The Hall–Kier alpha value is -1.06. The highest BCUT2D eigenvalue weighted by molar-refractivity contribution is 5.51. The normalized spacial score (nSPS) is 14.8. The molecule has 0 unspecified atom stereocenters. The van der Waals surface area contributed by atoms with Crippen LogP contribution in [0.1, 0.15) is 24.0 Å². The van der Waals surface area contributed by atoms with E-state index in [1.54, 1.807) is 0 Å². The predicted molar refractivity (Wildman–Crippen MR) is 63.7 cm³/mol. The molecule has 1 aromatic rings. The Morgan fingerprint density at radius 2 is 2.00 bits per heavy atom. The van der Waals surface area contributed by atoms with Crippen molar-refractivity contribution < 1.29 is 0 Å². The first-order valence-electron chi connectivity index (χ1n) is 5.57. The minimum absolute atomic E-state index is 0.679. The monoisotopic (exact) mass is 205 g/mol. The van der Waals surface area contributed by atoms with Gasteiger partial charge in [-0.15, -0.1) is 0 Å². The highest BCUT2D eigenvalue weighted by atomic mass is 15.3. The zero-order valence-electron chi connectivity index (χ0n) is 9.29. The summed E-state index contributed by atoms with van der Waals surface area (Å²) < 4.78 is 0. The van der Waals surface area contributed by atoms with Crippen molar-refractivity contribution >= 4 is 5.69 Å². The van der Waals surface area contributed by atoms with E-state index in [0.29, 0.717) is 6.67 Å². The highest BCUT2D eigenvalue weighted by Gasteiger charge is 2.10. The molecule has 1 aliphatic rings. The molecule has 2 rings (SSSR count). The Bertz CT molecular complexity index is 336. The minimum Gasteiger partial charge on any atom is -0.361 e. The summed E-state index contributed by atoms with van der Waals surface area (Å²) >= 11 is 0. The molecule has 3 N–H and O–H groups in total. The number of aryl methyl sites for hydroxylation is 2. The predicted octanol–water partition coefficient (Wildman–Crippen LogP) is 1.42. The number of fused-ring (bicyclic) bond motifs is 1. The molecule has 0 fully saturated rings. The Labute approximate surface area is 91.2 Å². The van der Waals surface area contributed by atoms with Crippen LogP contribution in [0.5, 0.6) is 0 Å². The SMILES string of the molecule is CN(CNN)c1ccc2c(c1)CCCC2. The molecular weight excluding hydrogens is 186 g/mol. The second kappa shape index (κ2) is 4.64. The molecule has 0 amide bonds. The van der Waals surface area contributed by atoms with Crippen LogP contribution in [0, 0.1) is 0 Å². The standard InChI is InChI=1S/C12H19N3/c1-15(9-14-13)12-7-6-10-4-2-3-5-11(10)8-12/h6-8,14H,2-5,9,13H2,1H3. The third kappa shape index (κ3) is 2.30. The maximum absolute atomic E-state index is 5.31. The molecule has 0 aliphatic heterocycles. The maximum Gasteiger partial charge on any atom is 0.0805 e. The largest absolute Gasteiger partial charge is 0.361 e. The lowest BCUT2D eigenvalue weighted by molar-refractivity contribution is 0.682. The van der Waals surface area contributed by atoms with Gasteiger partial charge in [-0.1, -0.05) is 6.07 Å². The number of rotatable bonds is 3. The molecule has 0 saturated carbocycles. The van der Waals surface area contributed by atoms with Crippen molar-refractivity contribution in [1.82, 2.24) is 5.43 Å². The number of hydrazine groups is 1. The maximum atomic E-state index is 5.31. The molecule has 1 aliphatic carbocycles. The molecule has 0 heterocycles. The zero-order chi connectivity index (χ0) is 10.7. The molecule has 0 atom stereocenters. The summed E-state index contributed by atoms with van der Waals surface area (Å²) in [6, 6.07) is 6.74. The van der Waals surface area contributed by atoms with Crippen LogP contribution in [0.3, 0.4) is 0 Å². The van der Waals surface area contributed by atoms with Gasteiger partial charge in [-0.2, -0.15) is 0 Å². The van der Waals surface area contributed by atoms with E-state index in [2.05, 4.69) is 28.5 Å². The van der Waals surface area contributed by atoms with Gasteiger partial charge in [0.05, 0.1) is 6.67 Å². The Morgan fingerprint density at radius 3 is 2.73 bits per heavy atom. The topological polar surface area (TPSA) is 41.3 Å². The van der Waals surface area contributed by atoms with Crippen molar-refractivity contribution in [2.75, 3.05) is 18.6 Å². The molecule has 0 aromatic heterocycles. The van der Waals surface area contributed by atoms with Gasteiger partial charge >= 0.3 is 0 Å². The van der Waals surface area contributed by atoms with E-state index < -0.39 is 0 Å². The number of nitrogens with one attached hydrogen (secondary N) is 1. The number of nitrogens with zero attached hydrogens (tertiary/aromatic N) is 1. The van der Waals surface area contributed by atoms with E-state index in [1.165, 1.54) is 42.5 Å². The number of nitrogens with two attached hydrogens (primary N) is 1. The summed E-state index contributed by atoms with van der Waals surface area (Å²) in [5.41, 5.74) is 6.96. The second-order valence-electron chi connectivity index (χ2n) is 4.22. The van der Waals surface area contributed by atoms with E-state index in [-0.39, 0.29) is 0 Å². The Morgan fingerprint density at radius 1 is 1.27 bits per heavy atom. The first kappa shape index (κ1) is 10.5. The van der Waals surface area contributed by atoms with E-state index >= 15 is 0 Å². The Balaban J connectivity index is 2.20. The minimum atomic E-state index is 0.679. The van der Waals surface area contributed by atoms with Gasteiger partial charge in [-0.3, -0.25) is 5.84 Å². The van der Waals surface area contributed by atoms with Gasteiger partial charge in [0.1, 0.15) is 0 Å². The quantitative estimate of drug-likeness (QED) is 0.445. The first-order valence-corrected chi connectivity index (χ1v) is 5.57. The number of benzene rings is 1. The fourth-order valence-electron chi connectivity index (χ4n) is 2.19. The molecule has 1 aromatic carbocycles. The summed E-state index contributed by atoms with van der Waals surface area (Å²) in [4.78, 5) is 2.12. The average Bonchev–Trinajstić information content (AvgIpc) is 2.29. The zero-order valence-corrected chi connectivity index (χ0v) is 9.29. The molecule has 3 heteroatoms. The van der Waals surface area contributed by atoms with E-state index in [0.717, 1.165) is 0 Å². The van der Waals surface area contributed by atoms with Crippen LogP contribution in [0.15, 0.2) is 18.2 Å². The van der Waals surface area contributed by atoms with Crippen LogP contribution >= 0.6 is 0 Å². The lowest BCUT2D eigenvalue weighted by Gasteiger charge is -2.22. The van der Waals surface area contributed by atoms with E-state index in [4.69, 9.17) is 5.84 Å². The lowest BCUT2D eigenvalue weighted by atomic mass is 9.91. The van der Waals surface area contributed by atoms with Crippen LogP contribution in [0.25, 0.3) is 0 Å². The van der Waals surface area contributed by atoms with E-state index in [9.17, 15) is 0 Å². The molecule has 3 nitrogen and oxygen atoms in total. The van der Waals surface area contributed by atoms with Crippen molar-refractivity contribution in [2.45, 2.75) is 25.7 Å².